The largest absolute Gasteiger partial charge is 0.494 e. The Morgan fingerprint density at radius 3 is 2.50 bits per heavy atom. The van der Waals surface area contributed by atoms with Crippen molar-refractivity contribution < 1.29 is 18.8 Å². The Morgan fingerprint density at radius 2 is 1.88 bits per heavy atom. The van der Waals surface area contributed by atoms with Crippen molar-refractivity contribution in [3.63, 3.8) is 0 Å². The fraction of sp³-hybridized carbons (Fsp3) is 0.474. The first-order chi connectivity index (χ1) is 12.2. The Kier molecular flexibility index (Phi) is 4.71. The summed E-state index contributed by atoms with van der Waals surface area (Å²) in [5.41, 5.74) is 2.15. The zero-order valence-electron chi connectivity index (χ0n) is 16.2. The normalized spacial score (nSPS) is 18.2. The highest BCUT2D eigenvalue weighted by Crippen LogP contribution is 2.36. The molecule has 1 aliphatic rings. The average molecular weight is 356 g/mol. The van der Waals surface area contributed by atoms with Crippen LogP contribution < -0.4 is 5.46 Å². The number of carbonyl (C=O) groups excluding carboxylic acids is 1. The van der Waals surface area contributed by atoms with Crippen molar-refractivity contribution in [1.82, 2.24) is 9.78 Å². The molecule has 3 rings (SSSR count). The topological polar surface area (TPSA) is 62.6 Å². The summed E-state index contributed by atoms with van der Waals surface area (Å²) in [6, 6.07) is 7.80. The molecule has 1 fully saturated rings. The van der Waals surface area contributed by atoms with Gasteiger partial charge >= 0.3 is 13.1 Å². The van der Waals surface area contributed by atoms with E-state index in [2.05, 4.69) is 5.10 Å². The highest BCUT2D eigenvalue weighted by atomic mass is 16.7. The van der Waals surface area contributed by atoms with Gasteiger partial charge < -0.3 is 14.0 Å². The van der Waals surface area contributed by atoms with Crippen molar-refractivity contribution in [1.29, 1.82) is 0 Å². The fourth-order valence-electron chi connectivity index (χ4n) is 2.86. The number of ether oxygens (including phenoxy) is 1. The van der Waals surface area contributed by atoms with Crippen molar-refractivity contribution in [2.75, 3.05) is 6.61 Å². The highest BCUT2D eigenvalue weighted by Gasteiger charge is 2.51. The molecule has 0 bridgehead atoms. The van der Waals surface area contributed by atoms with Crippen LogP contribution in [0.5, 0.6) is 0 Å². The first kappa shape index (κ1) is 18.7. The van der Waals surface area contributed by atoms with Gasteiger partial charge in [0.15, 0.2) is 0 Å². The van der Waals surface area contributed by atoms with Crippen LogP contribution in [0.1, 0.15) is 50.7 Å². The van der Waals surface area contributed by atoms with Crippen molar-refractivity contribution >= 4 is 18.6 Å². The SMILES string of the molecule is CCOC(=O)c1cnn(-c2cccc(B3OC(C)(C)C(C)(C)O3)c2)c1C. The van der Waals surface area contributed by atoms with E-state index in [1.165, 1.54) is 6.20 Å². The molecule has 7 heteroatoms. The zero-order chi connectivity index (χ0) is 19.1. The maximum absolute atomic E-state index is 12.0. The second-order valence-corrected chi connectivity index (χ2v) is 7.46. The Balaban J connectivity index is 1.91. The number of benzene rings is 1. The molecule has 0 N–H and O–H groups in total. The molecule has 138 valence electrons. The lowest BCUT2D eigenvalue weighted by molar-refractivity contribution is 0.00578. The van der Waals surface area contributed by atoms with Crippen LogP contribution in [0.3, 0.4) is 0 Å². The van der Waals surface area contributed by atoms with Crippen LogP contribution >= 0.6 is 0 Å². The molecule has 1 aromatic heterocycles. The molecular formula is C19H25BN2O4. The van der Waals surface area contributed by atoms with E-state index in [0.717, 1.165) is 16.8 Å². The molecule has 2 heterocycles. The summed E-state index contributed by atoms with van der Waals surface area (Å²) < 4.78 is 19.0. The highest BCUT2D eigenvalue weighted by molar-refractivity contribution is 6.62. The van der Waals surface area contributed by atoms with E-state index in [1.54, 1.807) is 11.6 Å². The van der Waals surface area contributed by atoms with Gasteiger partial charge in [-0.15, -0.1) is 0 Å². The van der Waals surface area contributed by atoms with Gasteiger partial charge in [-0.2, -0.15) is 5.10 Å². The van der Waals surface area contributed by atoms with Crippen LogP contribution in [-0.4, -0.2) is 40.7 Å². The van der Waals surface area contributed by atoms with E-state index < -0.39 is 18.3 Å². The van der Waals surface area contributed by atoms with Gasteiger partial charge in [-0.25, -0.2) is 9.48 Å². The fourth-order valence-corrected chi connectivity index (χ4v) is 2.86. The third kappa shape index (κ3) is 3.17. The minimum Gasteiger partial charge on any atom is -0.462 e. The molecule has 2 aromatic rings. The monoisotopic (exact) mass is 356 g/mol. The van der Waals surface area contributed by atoms with Crippen LogP contribution in [0, 0.1) is 6.92 Å². The van der Waals surface area contributed by atoms with Crippen LogP contribution in [0.2, 0.25) is 0 Å². The molecule has 26 heavy (non-hydrogen) atoms. The number of hydrogen-bond acceptors (Lipinski definition) is 5. The Labute approximate surface area is 154 Å². The summed E-state index contributed by atoms with van der Waals surface area (Å²) in [5.74, 6) is -0.363. The van der Waals surface area contributed by atoms with Crippen LogP contribution in [0.15, 0.2) is 30.5 Å². The minimum atomic E-state index is -0.444. The average Bonchev–Trinajstić information content (AvgIpc) is 3.05. The molecule has 1 aromatic carbocycles. The van der Waals surface area contributed by atoms with Crippen LogP contribution in [0.4, 0.5) is 0 Å². The summed E-state index contributed by atoms with van der Waals surface area (Å²) in [5, 5.41) is 4.35. The zero-order valence-corrected chi connectivity index (χ0v) is 16.2. The summed E-state index contributed by atoms with van der Waals surface area (Å²) in [6.45, 7) is 12.1. The molecule has 0 saturated carbocycles. The van der Waals surface area contributed by atoms with Gasteiger partial charge in [0.2, 0.25) is 0 Å². The van der Waals surface area contributed by atoms with Crippen molar-refractivity contribution in [2.24, 2.45) is 0 Å². The summed E-state index contributed by atoms with van der Waals surface area (Å²) in [6.07, 6.45) is 1.54. The molecule has 0 atom stereocenters. The van der Waals surface area contributed by atoms with Crippen LogP contribution in [0.25, 0.3) is 5.69 Å². The summed E-state index contributed by atoms with van der Waals surface area (Å²) in [4.78, 5) is 12.0. The van der Waals surface area contributed by atoms with Gasteiger partial charge in [0.05, 0.1) is 35.4 Å². The van der Waals surface area contributed by atoms with Crippen LogP contribution in [-0.2, 0) is 14.0 Å². The smallest absolute Gasteiger partial charge is 0.462 e. The third-order valence-electron chi connectivity index (χ3n) is 5.15. The lowest BCUT2D eigenvalue weighted by atomic mass is 9.79. The van der Waals surface area contributed by atoms with Crippen molar-refractivity contribution in [2.45, 2.75) is 52.7 Å². The lowest BCUT2D eigenvalue weighted by Crippen LogP contribution is -2.41. The molecular weight excluding hydrogens is 331 g/mol. The van der Waals surface area contributed by atoms with E-state index in [4.69, 9.17) is 14.0 Å². The van der Waals surface area contributed by atoms with E-state index in [9.17, 15) is 4.79 Å². The predicted octanol–water partition coefficient (Wildman–Crippen LogP) is 2.66. The first-order valence-corrected chi connectivity index (χ1v) is 8.84. The third-order valence-corrected chi connectivity index (χ3v) is 5.15. The lowest BCUT2D eigenvalue weighted by Gasteiger charge is -2.32. The van der Waals surface area contributed by atoms with E-state index in [1.807, 2.05) is 58.9 Å². The maximum atomic E-state index is 12.0. The number of carbonyl (C=O) groups is 1. The van der Waals surface area contributed by atoms with E-state index >= 15 is 0 Å². The first-order valence-electron chi connectivity index (χ1n) is 8.84. The molecule has 0 radical (unpaired) electrons. The second-order valence-electron chi connectivity index (χ2n) is 7.46. The van der Waals surface area contributed by atoms with Gasteiger partial charge in [0.25, 0.3) is 0 Å². The second kappa shape index (κ2) is 6.56. The van der Waals surface area contributed by atoms with Gasteiger partial charge in [-0.05, 0) is 59.1 Å². The number of hydrogen-bond donors (Lipinski definition) is 0. The number of aromatic nitrogens is 2. The standard InChI is InChI=1S/C19H25BN2O4/c1-7-24-17(23)16-12-21-22(13(16)2)15-10-8-9-14(11-15)20-25-18(3,4)19(5,6)26-20/h8-12H,7H2,1-6H3. The van der Waals surface area contributed by atoms with Gasteiger partial charge in [-0.3, -0.25) is 0 Å². The van der Waals surface area contributed by atoms with Gasteiger partial charge in [-0.1, -0.05) is 12.1 Å². The molecule has 0 unspecified atom stereocenters. The quantitative estimate of drug-likeness (QED) is 0.623. The molecule has 1 saturated heterocycles. The van der Waals surface area contributed by atoms with Crippen molar-refractivity contribution in [3.8, 4) is 5.69 Å². The van der Waals surface area contributed by atoms with E-state index in [0.29, 0.717) is 12.2 Å². The van der Waals surface area contributed by atoms with Gasteiger partial charge in [0, 0.05) is 0 Å². The predicted molar refractivity (Wildman–Crippen MR) is 100.0 cm³/mol. The van der Waals surface area contributed by atoms with Crippen molar-refractivity contribution in [3.05, 3.63) is 41.7 Å². The molecule has 6 nitrogen and oxygen atoms in total. The Hall–Kier alpha value is -2.12. The number of rotatable bonds is 4. The van der Waals surface area contributed by atoms with E-state index in [-0.39, 0.29) is 5.97 Å². The Morgan fingerprint density at radius 1 is 1.23 bits per heavy atom. The molecule has 1 aliphatic heterocycles. The Bertz CT molecular complexity index is 813. The number of esters is 1. The number of nitrogens with zero attached hydrogens (tertiary/aromatic N) is 2. The molecule has 0 spiro atoms. The van der Waals surface area contributed by atoms with Gasteiger partial charge in [0.1, 0.15) is 5.56 Å². The maximum Gasteiger partial charge on any atom is 0.494 e. The molecule has 0 amide bonds. The minimum absolute atomic E-state index is 0.334. The summed E-state index contributed by atoms with van der Waals surface area (Å²) >= 11 is 0. The summed E-state index contributed by atoms with van der Waals surface area (Å²) in [7, 11) is -0.444. The molecule has 0 aliphatic carbocycles.